The fraction of sp³-hybridized carbons (Fsp3) is 0.385. The van der Waals surface area contributed by atoms with Gasteiger partial charge in [0.2, 0.25) is 0 Å². The molecule has 0 bridgehead atoms. The van der Waals surface area contributed by atoms with Crippen LogP contribution < -0.4 is 4.74 Å². The van der Waals surface area contributed by atoms with Gasteiger partial charge in [0.05, 0.1) is 19.1 Å². The summed E-state index contributed by atoms with van der Waals surface area (Å²) in [6.45, 7) is 0.713. The van der Waals surface area contributed by atoms with Crippen molar-refractivity contribution in [3.05, 3.63) is 29.6 Å². The molecule has 1 aromatic carbocycles. The molecule has 0 amide bonds. The summed E-state index contributed by atoms with van der Waals surface area (Å²) in [5.41, 5.74) is -0.105. The van der Waals surface area contributed by atoms with Gasteiger partial charge in [0.1, 0.15) is 23.2 Å². The van der Waals surface area contributed by atoms with Gasteiger partial charge in [-0.1, -0.05) is 6.07 Å². The number of halogens is 1. The van der Waals surface area contributed by atoms with E-state index >= 15 is 0 Å². The molecule has 2 rings (SSSR count). The van der Waals surface area contributed by atoms with Crippen LogP contribution in [0.5, 0.6) is 5.75 Å². The van der Waals surface area contributed by atoms with Crippen molar-refractivity contribution in [2.45, 2.75) is 12.8 Å². The summed E-state index contributed by atoms with van der Waals surface area (Å²) < 4.78 is 23.4. The van der Waals surface area contributed by atoms with Gasteiger partial charge >= 0.3 is 5.97 Å². The Morgan fingerprint density at radius 3 is 3.06 bits per heavy atom. The minimum absolute atomic E-state index is 0.105. The van der Waals surface area contributed by atoms with E-state index in [1.807, 2.05) is 0 Å². The number of carbonyl (C=O) groups excluding carboxylic acids is 1. The molecule has 18 heavy (non-hydrogen) atoms. The minimum Gasteiger partial charge on any atom is -0.492 e. The smallest absolute Gasteiger partial charge is 0.309 e. The molecule has 0 aliphatic carbocycles. The Hall–Kier alpha value is -2.09. The fourth-order valence-electron chi connectivity index (χ4n) is 1.84. The monoisotopic (exact) mass is 249 g/mol. The lowest BCUT2D eigenvalue weighted by Gasteiger charge is -2.09. The molecule has 1 heterocycles. The van der Waals surface area contributed by atoms with Crippen LogP contribution in [-0.4, -0.2) is 19.2 Å². The van der Waals surface area contributed by atoms with Gasteiger partial charge in [-0.3, -0.25) is 4.79 Å². The summed E-state index contributed by atoms with van der Waals surface area (Å²) in [5.74, 6) is -0.749. The van der Waals surface area contributed by atoms with Crippen LogP contribution in [0.1, 0.15) is 18.4 Å². The van der Waals surface area contributed by atoms with Gasteiger partial charge in [-0.2, -0.15) is 5.26 Å². The molecule has 1 aliphatic heterocycles. The topological polar surface area (TPSA) is 59.3 Å². The van der Waals surface area contributed by atoms with Crippen LogP contribution >= 0.6 is 0 Å². The lowest BCUT2D eigenvalue weighted by molar-refractivity contribution is -0.141. The summed E-state index contributed by atoms with van der Waals surface area (Å²) in [6, 6.07) is 5.99. The van der Waals surface area contributed by atoms with Gasteiger partial charge in [-0.05, 0) is 25.0 Å². The van der Waals surface area contributed by atoms with Gasteiger partial charge < -0.3 is 9.47 Å². The number of benzene rings is 1. The summed E-state index contributed by atoms with van der Waals surface area (Å²) in [7, 11) is 0. The van der Waals surface area contributed by atoms with E-state index in [0.717, 1.165) is 0 Å². The Morgan fingerprint density at radius 1 is 1.56 bits per heavy atom. The Morgan fingerprint density at radius 2 is 2.39 bits per heavy atom. The second-order valence-electron chi connectivity index (χ2n) is 4.02. The van der Waals surface area contributed by atoms with Crippen molar-refractivity contribution < 1.29 is 18.7 Å². The van der Waals surface area contributed by atoms with E-state index in [0.29, 0.717) is 19.4 Å². The fourth-order valence-corrected chi connectivity index (χ4v) is 1.84. The summed E-state index contributed by atoms with van der Waals surface area (Å²) in [4.78, 5) is 11.2. The molecule has 1 aromatic rings. The SMILES string of the molecule is N#Cc1c(F)cccc1OCCC1CCOC1=O. The zero-order valence-corrected chi connectivity index (χ0v) is 9.69. The molecule has 1 atom stereocenters. The second-order valence-corrected chi connectivity index (χ2v) is 4.02. The number of rotatable bonds is 4. The van der Waals surface area contributed by atoms with Crippen LogP contribution in [0.2, 0.25) is 0 Å². The van der Waals surface area contributed by atoms with Gasteiger partial charge in [0.25, 0.3) is 0 Å². The molecular weight excluding hydrogens is 237 g/mol. The first-order valence-electron chi connectivity index (χ1n) is 5.70. The first-order chi connectivity index (χ1) is 8.72. The van der Waals surface area contributed by atoms with Crippen molar-refractivity contribution in [2.75, 3.05) is 13.2 Å². The highest BCUT2D eigenvalue weighted by Crippen LogP contribution is 2.22. The molecule has 1 unspecified atom stereocenters. The zero-order chi connectivity index (χ0) is 13.0. The van der Waals surface area contributed by atoms with Crippen molar-refractivity contribution in [3.8, 4) is 11.8 Å². The molecule has 0 spiro atoms. The maximum Gasteiger partial charge on any atom is 0.309 e. The van der Waals surface area contributed by atoms with Gasteiger partial charge in [0, 0.05) is 0 Å². The average Bonchev–Trinajstić information content (AvgIpc) is 2.75. The van der Waals surface area contributed by atoms with Crippen molar-refractivity contribution in [1.82, 2.24) is 0 Å². The Kier molecular flexibility index (Phi) is 3.78. The highest BCUT2D eigenvalue weighted by Gasteiger charge is 2.26. The van der Waals surface area contributed by atoms with Crippen LogP contribution in [0.4, 0.5) is 4.39 Å². The quantitative estimate of drug-likeness (QED) is 0.766. The summed E-state index contributed by atoms with van der Waals surface area (Å²) in [5, 5.41) is 8.81. The predicted octanol–water partition coefficient (Wildman–Crippen LogP) is 2.03. The van der Waals surface area contributed by atoms with Crippen LogP contribution in [-0.2, 0) is 9.53 Å². The molecule has 1 saturated heterocycles. The molecule has 4 nitrogen and oxygen atoms in total. The van der Waals surface area contributed by atoms with Crippen LogP contribution in [0.15, 0.2) is 18.2 Å². The largest absolute Gasteiger partial charge is 0.492 e. The number of hydrogen-bond acceptors (Lipinski definition) is 4. The minimum atomic E-state index is -0.602. The third-order valence-corrected chi connectivity index (χ3v) is 2.86. The third-order valence-electron chi connectivity index (χ3n) is 2.86. The summed E-state index contributed by atoms with van der Waals surface area (Å²) >= 11 is 0. The lowest BCUT2D eigenvalue weighted by Crippen LogP contribution is -2.12. The van der Waals surface area contributed by atoms with Gasteiger partial charge in [-0.15, -0.1) is 0 Å². The van der Waals surface area contributed by atoms with E-state index < -0.39 is 5.82 Å². The molecular formula is C13H12FNO3. The number of esters is 1. The maximum atomic E-state index is 13.3. The molecule has 0 aromatic heterocycles. The van der Waals surface area contributed by atoms with Crippen LogP contribution in [0, 0.1) is 23.1 Å². The van der Waals surface area contributed by atoms with E-state index in [1.54, 1.807) is 6.07 Å². The molecule has 0 N–H and O–H groups in total. The molecule has 0 radical (unpaired) electrons. The molecule has 1 aliphatic rings. The molecule has 1 fully saturated rings. The van der Waals surface area contributed by atoms with Crippen molar-refractivity contribution in [1.29, 1.82) is 5.26 Å². The number of hydrogen-bond donors (Lipinski definition) is 0. The number of ether oxygens (including phenoxy) is 2. The van der Waals surface area contributed by atoms with Gasteiger partial charge in [-0.25, -0.2) is 4.39 Å². The van der Waals surface area contributed by atoms with Crippen molar-refractivity contribution >= 4 is 5.97 Å². The Bertz CT molecular complexity index is 495. The van der Waals surface area contributed by atoms with E-state index in [-0.39, 0.29) is 29.8 Å². The van der Waals surface area contributed by atoms with E-state index in [9.17, 15) is 9.18 Å². The standard InChI is InChI=1S/C13H12FNO3/c14-11-2-1-3-12(10(11)8-15)17-6-4-9-5-7-18-13(9)16/h1-3,9H,4-7H2. The molecule has 94 valence electrons. The predicted molar refractivity (Wildman–Crippen MR) is 60.3 cm³/mol. The molecule has 5 heteroatoms. The number of cyclic esters (lactones) is 1. The van der Waals surface area contributed by atoms with Crippen molar-refractivity contribution in [3.63, 3.8) is 0 Å². The third kappa shape index (κ3) is 2.59. The summed E-state index contributed by atoms with van der Waals surface area (Å²) in [6.07, 6.45) is 1.21. The Balaban J connectivity index is 1.93. The average molecular weight is 249 g/mol. The highest BCUT2D eigenvalue weighted by atomic mass is 19.1. The lowest BCUT2D eigenvalue weighted by atomic mass is 10.1. The first-order valence-corrected chi connectivity index (χ1v) is 5.70. The molecule has 0 saturated carbocycles. The number of nitriles is 1. The van der Waals surface area contributed by atoms with Gasteiger partial charge in [0.15, 0.2) is 0 Å². The number of nitrogens with zero attached hydrogens (tertiary/aromatic N) is 1. The first kappa shape index (κ1) is 12.4. The number of carbonyl (C=O) groups is 1. The van der Waals surface area contributed by atoms with E-state index in [4.69, 9.17) is 14.7 Å². The van der Waals surface area contributed by atoms with Crippen LogP contribution in [0.25, 0.3) is 0 Å². The van der Waals surface area contributed by atoms with E-state index in [1.165, 1.54) is 18.2 Å². The highest BCUT2D eigenvalue weighted by molar-refractivity contribution is 5.74. The zero-order valence-electron chi connectivity index (χ0n) is 9.69. The maximum absolute atomic E-state index is 13.3. The van der Waals surface area contributed by atoms with Crippen molar-refractivity contribution in [2.24, 2.45) is 5.92 Å². The van der Waals surface area contributed by atoms with Crippen LogP contribution in [0.3, 0.4) is 0 Å². The normalized spacial score (nSPS) is 18.2. The Labute approximate surface area is 104 Å². The van der Waals surface area contributed by atoms with E-state index in [2.05, 4.69) is 0 Å². The second kappa shape index (κ2) is 5.50.